The fourth-order valence-electron chi connectivity index (χ4n) is 5.06. The number of anilines is 1. The number of aromatic nitrogens is 2. The van der Waals surface area contributed by atoms with E-state index in [1.54, 1.807) is 25.4 Å². The lowest BCUT2D eigenvalue weighted by Gasteiger charge is -2.54. The standard InChI is InChI=1S/C27H28F3N5O/c1-2-36-33-26(20-4-6-22(28)23(29)13-20)24-7-3-19(14-31-24)16-34-17-27(18-34)9-11-35(12-10-27)21-5-8-25(30)32-15-21/h3-8,13-15H,2,9-12,16-18H2,1H3/b33-26+. The van der Waals surface area contributed by atoms with Gasteiger partial charge in [-0.1, -0.05) is 11.2 Å². The van der Waals surface area contributed by atoms with Crippen molar-refractivity contribution in [2.24, 2.45) is 10.6 Å². The van der Waals surface area contributed by atoms with E-state index in [0.717, 1.165) is 68.9 Å². The van der Waals surface area contributed by atoms with Gasteiger partial charge >= 0.3 is 0 Å². The van der Waals surface area contributed by atoms with E-state index in [0.29, 0.717) is 29.0 Å². The topological polar surface area (TPSA) is 53.9 Å². The Hall–Kier alpha value is -3.46. The van der Waals surface area contributed by atoms with E-state index in [1.165, 1.54) is 12.1 Å². The Morgan fingerprint density at radius 3 is 2.42 bits per heavy atom. The molecule has 9 heteroatoms. The molecule has 0 unspecified atom stereocenters. The summed E-state index contributed by atoms with van der Waals surface area (Å²) in [5.41, 5.74) is 3.67. The Morgan fingerprint density at radius 1 is 0.972 bits per heavy atom. The highest BCUT2D eigenvalue weighted by Gasteiger charge is 2.44. The molecule has 0 amide bonds. The van der Waals surface area contributed by atoms with Gasteiger partial charge in [-0.3, -0.25) is 9.88 Å². The Labute approximate surface area is 208 Å². The van der Waals surface area contributed by atoms with Crippen molar-refractivity contribution in [2.45, 2.75) is 26.3 Å². The second-order valence-corrected chi connectivity index (χ2v) is 9.51. The van der Waals surface area contributed by atoms with Gasteiger partial charge in [-0.15, -0.1) is 0 Å². The number of rotatable bonds is 7. The predicted octanol–water partition coefficient (Wildman–Crippen LogP) is 4.79. The number of piperidine rings is 1. The van der Waals surface area contributed by atoms with Crippen LogP contribution in [-0.4, -0.2) is 53.4 Å². The molecule has 0 aliphatic carbocycles. The number of nitrogens with zero attached hydrogens (tertiary/aromatic N) is 5. The van der Waals surface area contributed by atoms with Crippen LogP contribution in [0, 0.1) is 23.0 Å². The summed E-state index contributed by atoms with van der Waals surface area (Å²) < 4.78 is 40.3. The van der Waals surface area contributed by atoms with Crippen LogP contribution in [-0.2, 0) is 11.4 Å². The van der Waals surface area contributed by atoms with Gasteiger partial charge in [0.2, 0.25) is 5.95 Å². The highest BCUT2D eigenvalue weighted by Crippen LogP contribution is 2.41. The molecular weight excluding hydrogens is 467 g/mol. The minimum atomic E-state index is -0.944. The summed E-state index contributed by atoms with van der Waals surface area (Å²) >= 11 is 0. The van der Waals surface area contributed by atoms with Crippen molar-refractivity contribution in [1.82, 2.24) is 14.9 Å². The van der Waals surface area contributed by atoms with Crippen LogP contribution in [0.2, 0.25) is 0 Å². The molecule has 2 saturated heterocycles. The number of benzene rings is 1. The second kappa shape index (κ2) is 10.3. The lowest BCUT2D eigenvalue weighted by Crippen LogP contribution is -2.59. The third-order valence-electron chi connectivity index (χ3n) is 6.97. The number of hydrogen-bond donors (Lipinski definition) is 0. The molecule has 0 saturated carbocycles. The third-order valence-corrected chi connectivity index (χ3v) is 6.97. The molecule has 1 spiro atoms. The lowest BCUT2D eigenvalue weighted by atomic mass is 9.72. The molecular formula is C27H28F3N5O. The summed E-state index contributed by atoms with van der Waals surface area (Å²) in [5.74, 6) is -2.31. The minimum Gasteiger partial charge on any atom is -0.396 e. The molecule has 188 valence electrons. The van der Waals surface area contributed by atoms with Crippen LogP contribution in [0.4, 0.5) is 18.9 Å². The van der Waals surface area contributed by atoms with Crippen LogP contribution in [0.1, 0.15) is 36.6 Å². The maximum absolute atomic E-state index is 13.8. The van der Waals surface area contributed by atoms with Gasteiger partial charge in [0.1, 0.15) is 12.3 Å². The first-order chi connectivity index (χ1) is 17.4. The Morgan fingerprint density at radius 2 is 1.78 bits per heavy atom. The number of hydrogen-bond acceptors (Lipinski definition) is 6. The van der Waals surface area contributed by atoms with Crippen LogP contribution in [0.15, 0.2) is 60.0 Å². The van der Waals surface area contributed by atoms with Gasteiger partial charge in [-0.05, 0) is 67.1 Å². The molecule has 2 aromatic heterocycles. The van der Waals surface area contributed by atoms with Crippen LogP contribution in [0.5, 0.6) is 0 Å². The maximum atomic E-state index is 13.8. The van der Waals surface area contributed by atoms with Crippen LogP contribution in [0.3, 0.4) is 0 Å². The lowest BCUT2D eigenvalue weighted by molar-refractivity contribution is -0.0240. The summed E-state index contributed by atoms with van der Waals surface area (Å²) in [5, 5.41) is 4.09. The molecule has 0 N–H and O–H groups in total. The fraction of sp³-hybridized carbons (Fsp3) is 0.370. The number of likely N-dealkylation sites (tertiary alicyclic amines) is 1. The Balaban J connectivity index is 1.18. The first kappa shape index (κ1) is 24.2. The summed E-state index contributed by atoms with van der Waals surface area (Å²) in [7, 11) is 0. The van der Waals surface area contributed by atoms with E-state index in [1.807, 2.05) is 12.1 Å². The summed E-state index contributed by atoms with van der Waals surface area (Å²) in [6.07, 6.45) is 5.60. The molecule has 5 rings (SSSR count). The summed E-state index contributed by atoms with van der Waals surface area (Å²) in [4.78, 5) is 18.2. The average Bonchev–Trinajstić information content (AvgIpc) is 2.87. The maximum Gasteiger partial charge on any atom is 0.212 e. The van der Waals surface area contributed by atoms with Crippen molar-refractivity contribution < 1.29 is 18.0 Å². The van der Waals surface area contributed by atoms with Gasteiger partial charge in [0.25, 0.3) is 0 Å². The van der Waals surface area contributed by atoms with E-state index >= 15 is 0 Å². The molecule has 2 aliphatic heterocycles. The van der Waals surface area contributed by atoms with Gasteiger partial charge in [0.05, 0.1) is 17.6 Å². The second-order valence-electron chi connectivity index (χ2n) is 9.51. The average molecular weight is 496 g/mol. The van der Waals surface area contributed by atoms with Gasteiger partial charge in [-0.25, -0.2) is 13.8 Å². The normalized spacial score (nSPS) is 17.8. The highest BCUT2D eigenvalue weighted by molar-refractivity contribution is 6.11. The largest absolute Gasteiger partial charge is 0.396 e. The monoisotopic (exact) mass is 495 g/mol. The van der Waals surface area contributed by atoms with E-state index in [2.05, 4.69) is 24.9 Å². The van der Waals surface area contributed by atoms with Crippen molar-refractivity contribution in [3.05, 3.63) is 89.3 Å². The predicted molar refractivity (Wildman–Crippen MR) is 131 cm³/mol. The van der Waals surface area contributed by atoms with E-state index in [4.69, 9.17) is 4.84 Å². The van der Waals surface area contributed by atoms with Crippen molar-refractivity contribution in [3.8, 4) is 0 Å². The van der Waals surface area contributed by atoms with Crippen LogP contribution >= 0.6 is 0 Å². The van der Waals surface area contributed by atoms with E-state index in [9.17, 15) is 13.2 Å². The number of halogens is 3. The molecule has 0 atom stereocenters. The van der Waals surface area contributed by atoms with Gasteiger partial charge < -0.3 is 9.74 Å². The zero-order chi connectivity index (χ0) is 25.1. The third kappa shape index (κ3) is 5.21. The van der Waals surface area contributed by atoms with Crippen molar-refractivity contribution in [3.63, 3.8) is 0 Å². The first-order valence-electron chi connectivity index (χ1n) is 12.1. The molecule has 0 radical (unpaired) electrons. The molecule has 3 aromatic rings. The van der Waals surface area contributed by atoms with E-state index in [-0.39, 0.29) is 0 Å². The van der Waals surface area contributed by atoms with Crippen LogP contribution in [0.25, 0.3) is 0 Å². The van der Waals surface area contributed by atoms with Crippen LogP contribution < -0.4 is 4.90 Å². The number of pyridine rings is 2. The zero-order valence-corrected chi connectivity index (χ0v) is 20.1. The Kier molecular flexibility index (Phi) is 6.91. The quantitative estimate of drug-likeness (QED) is 0.268. The molecule has 2 fully saturated rings. The molecule has 36 heavy (non-hydrogen) atoms. The summed E-state index contributed by atoms with van der Waals surface area (Å²) in [6, 6.07) is 10.7. The van der Waals surface area contributed by atoms with Gasteiger partial charge in [-0.2, -0.15) is 4.39 Å². The van der Waals surface area contributed by atoms with Crippen molar-refractivity contribution in [2.75, 3.05) is 37.7 Å². The minimum absolute atomic E-state index is 0.335. The van der Waals surface area contributed by atoms with Gasteiger partial charge in [0, 0.05) is 44.5 Å². The molecule has 0 bridgehead atoms. The molecule has 2 aliphatic rings. The van der Waals surface area contributed by atoms with Gasteiger partial charge in [0.15, 0.2) is 11.6 Å². The first-order valence-corrected chi connectivity index (χ1v) is 12.1. The van der Waals surface area contributed by atoms with E-state index < -0.39 is 17.6 Å². The van der Waals surface area contributed by atoms with Crippen molar-refractivity contribution >= 4 is 11.4 Å². The molecule has 4 heterocycles. The smallest absolute Gasteiger partial charge is 0.212 e. The molecule has 6 nitrogen and oxygen atoms in total. The highest BCUT2D eigenvalue weighted by atomic mass is 19.2. The summed E-state index contributed by atoms with van der Waals surface area (Å²) in [6.45, 7) is 6.91. The SMILES string of the molecule is CCO/N=C(\c1ccc(F)c(F)c1)c1ccc(CN2CC3(CCN(c4ccc(F)nc4)CC3)C2)cn1. The number of oxime groups is 1. The Bertz CT molecular complexity index is 1220. The fourth-order valence-corrected chi connectivity index (χ4v) is 5.06. The molecule has 1 aromatic carbocycles. The van der Waals surface area contributed by atoms with Crippen molar-refractivity contribution in [1.29, 1.82) is 0 Å². The zero-order valence-electron chi connectivity index (χ0n) is 20.1.